The highest BCUT2D eigenvalue weighted by atomic mass is 127. The summed E-state index contributed by atoms with van der Waals surface area (Å²) in [7, 11) is 0. The number of alkyl halides is 2. The molecule has 0 heterocycles. The Morgan fingerprint density at radius 3 is 2.59 bits per heavy atom. The summed E-state index contributed by atoms with van der Waals surface area (Å²) >= 11 is 13.6. The van der Waals surface area contributed by atoms with Gasteiger partial charge in [0.15, 0.2) is 0 Å². The Morgan fingerprint density at radius 1 is 1.47 bits per heavy atom. The maximum atomic E-state index is 12.0. The van der Waals surface area contributed by atoms with E-state index in [2.05, 4.69) is 27.9 Å². The lowest BCUT2D eigenvalue weighted by Crippen LogP contribution is -2.49. The topological polar surface area (TPSA) is 49.3 Å². The summed E-state index contributed by atoms with van der Waals surface area (Å²) in [6, 6.07) is 4.80. The Balaban J connectivity index is 2.94. The number of halogens is 3. The lowest BCUT2D eigenvalue weighted by Gasteiger charge is -2.26. The highest BCUT2D eigenvalue weighted by Gasteiger charge is 2.26. The maximum Gasteiger partial charge on any atom is 0.255 e. The van der Waals surface area contributed by atoms with Gasteiger partial charge in [0.05, 0.1) is 11.1 Å². The van der Waals surface area contributed by atoms with Crippen molar-refractivity contribution in [3.8, 4) is 5.75 Å². The van der Waals surface area contributed by atoms with Crippen LogP contribution in [-0.2, 0) is 0 Å². The van der Waals surface area contributed by atoms with Crippen LogP contribution < -0.4 is 5.32 Å². The van der Waals surface area contributed by atoms with E-state index in [0.717, 1.165) is 3.57 Å². The number of aromatic hydroxyl groups is 1. The molecule has 0 unspecified atom stereocenters. The van der Waals surface area contributed by atoms with Gasteiger partial charge in [0.25, 0.3) is 5.91 Å². The second-order valence-electron chi connectivity index (χ2n) is 3.94. The zero-order valence-electron chi connectivity index (χ0n) is 9.14. The first-order valence-electron chi connectivity index (χ1n) is 4.85. The Morgan fingerprint density at radius 2 is 2.06 bits per heavy atom. The fourth-order valence-corrected chi connectivity index (χ4v) is 2.04. The van der Waals surface area contributed by atoms with Crippen LogP contribution in [0, 0.1) is 3.57 Å². The molecular formula is C11H12Cl2INO2. The molecule has 0 aliphatic rings. The van der Waals surface area contributed by atoms with Crippen LogP contribution in [0.25, 0.3) is 0 Å². The molecule has 0 bridgehead atoms. The molecule has 0 saturated carbocycles. The van der Waals surface area contributed by atoms with E-state index in [4.69, 9.17) is 23.2 Å². The molecule has 0 fully saturated rings. The number of phenols is 1. The molecule has 0 aliphatic heterocycles. The number of amides is 1. The van der Waals surface area contributed by atoms with Crippen molar-refractivity contribution in [3.05, 3.63) is 27.3 Å². The SMILES string of the molecule is CC(CCl)(CCl)NC(=O)c1cc(I)ccc1O. The van der Waals surface area contributed by atoms with Gasteiger partial charge < -0.3 is 10.4 Å². The van der Waals surface area contributed by atoms with Crippen molar-refractivity contribution in [2.24, 2.45) is 0 Å². The van der Waals surface area contributed by atoms with Gasteiger partial charge in [-0.25, -0.2) is 0 Å². The third-order valence-corrected chi connectivity index (χ3v) is 4.06. The van der Waals surface area contributed by atoms with Crippen molar-refractivity contribution in [1.82, 2.24) is 5.32 Å². The van der Waals surface area contributed by atoms with Crippen molar-refractivity contribution in [3.63, 3.8) is 0 Å². The minimum Gasteiger partial charge on any atom is -0.507 e. The highest BCUT2D eigenvalue weighted by Crippen LogP contribution is 2.21. The summed E-state index contributed by atoms with van der Waals surface area (Å²) in [5.41, 5.74) is -0.466. The third-order valence-electron chi connectivity index (χ3n) is 2.21. The zero-order chi connectivity index (χ0) is 13.1. The van der Waals surface area contributed by atoms with Gasteiger partial charge in [0.2, 0.25) is 0 Å². The summed E-state index contributed by atoms with van der Waals surface area (Å²) in [5, 5.41) is 12.3. The van der Waals surface area contributed by atoms with Crippen LogP contribution in [-0.4, -0.2) is 28.3 Å². The lowest BCUT2D eigenvalue weighted by molar-refractivity contribution is 0.0918. The van der Waals surface area contributed by atoms with E-state index >= 15 is 0 Å². The molecule has 3 nitrogen and oxygen atoms in total. The first-order valence-corrected chi connectivity index (χ1v) is 6.99. The Labute approximate surface area is 124 Å². The number of carbonyl (C=O) groups excluding carboxylic acids is 1. The molecule has 1 aromatic carbocycles. The van der Waals surface area contributed by atoms with Gasteiger partial charge in [-0.2, -0.15) is 0 Å². The minimum atomic E-state index is -0.687. The fraction of sp³-hybridized carbons (Fsp3) is 0.364. The van der Waals surface area contributed by atoms with Gasteiger partial charge in [-0.3, -0.25) is 4.79 Å². The van der Waals surface area contributed by atoms with Crippen molar-refractivity contribution in [2.75, 3.05) is 11.8 Å². The second kappa shape index (κ2) is 6.11. The third kappa shape index (κ3) is 3.89. The van der Waals surface area contributed by atoms with E-state index in [1.165, 1.54) is 6.07 Å². The van der Waals surface area contributed by atoms with Crippen LogP contribution in [0.3, 0.4) is 0 Å². The van der Waals surface area contributed by atoms with E-state index in [-0.39, 0.29) is 29.0 Å². The van der Waals surface area contributed by atoms with E-state index in [1.54, 1.807) is 19.1 Å². The largest absolute Gasteiger partial charge is 0.507 e. The molecule has 1 amide bonds. The number of benzene rings is 1. The lowest BCUT2D eigenvalue weighted by atomic mass is 10.1. The zero-order valence-corrected chi connectivity index (χ0v) is 12.8. The van der Waals surface area contributed by atoms with Crippen molar-refractivity contribution >= 4 is 51.7 Å². The quantitative estimate of drug-likeness (QED) is 0.616. The normalized spacial score (nSPS) is 11.3. The number of nitrogens with one attached hydrogen (secondary N) is 1. The standard InChI is InChI=1S/C11H12Cl2INO2/c1-11(5-12,6-13)15-10(17)8-4-7(14)2-3-9(8)16/h2-4,16H,5-6H2,1H3,(H,15,17). The van der Waals surface area contributed by atoms with Crippen molar-refractivity contribution in [2.45, 2.75) is 12.5 Å². The number of hydrogen-bond donors (Lipinski definition) is 2. The molecule has 0 radical (unpaired) electrons. The molecule has 0 atom stereocenters. The molecule has 1 rings (SSSR count). The number of phenolic OH excluding ortho intramolecular Hbond substituents is 1. The molecule has 1 aromatic rings. The Hall–Kier alpha value is -0.200. The Bertz CT molecular complexity index is 422. The summed E-state index contributed by atoms with van der Waals surface area (Å²) in [4.78, 5) is 12.0. The molecular weight excluding hydrogens is 376 g/mol. The summed E-state index contributed by atoms with van der Waals surface area (Å²) in [5.74, 6) is -0.0425. The molecule has 0 aliphatic carbocycles. The van der Waals surface area contributed by atoms with E-state index in [9.17, 15) is 9.90 Å². The van der Waals surface area contributed by atoms with Crippen molar-refractivity contribution < 1.29 is 9.90 Å². The molecule has 6 heteroatoms. The first kappa shape index (κ1) is 14.9. The van der Waals surface area contributed by atoms with Gasteiger partial charge in [0.1, 0.15) is 5.75 Å². The second-order valence-corrected chi connectivity index (χ2v) is 5.72. The van der Waals surface area contributed by atoms with Gasteiger partial charge in [-0.1, -0.05) is 0 Å². The van der Waals surface area contributed by atoms with Crippen LogP contribution >= 0.6 is 45.8 Å². The molecule has 0 saturated heterocycles. The molecule has 94 valence electrons. The van der Waals surface area contributed by atoms with E-state index in [0.29, 0.717) is 0 Å². The highest BCUT2D eigenvalue weighted by molar-refractivity contribution is 14.1. The summed E-state index contributed by atoms with van der Waals surface area (Å²) < 4.78 is 0.865. The summed E-state index contributed by atoms with van der Waals surface area (Å²) in [6.07, 6.45) is 0. The summed E-state index contributed by atoms with van der Waals surface area (Å²) in [6.45, 7) is 1.75. The van der Waals surface area contributed by atoms with Crippen LogP contribution in [0.1, 0.15) is 17.3 Å². The van der Waals surface area contributed by atoms with Gasteiger partial charge in [-0.05, 0) is 47.7 Å². The fourth-order valence-electron chi connectivity index (χ4n) is 1.13. The average molecular weight is 388 g/mol. The average Bonchev–Trinajstić information content (AvgIpc) is 2.32. The first-order chi connectivity index (χ1) is 7.91. The van der Waals surface area contributed by atoms with Crippen molar-refractivity contribution in [1.29, 1.82) is 0 Å². The minimum absolute atomic E-state index is 0.0607. The number of rotatable bonds is 4. The Kier molecular flexibility index (Phi) is 5.34. The van der Waals surface area contributed by atoms with Crippen LogP contribution in [0.15, 0.2) is 18.2 Å². The monoisotopic (exact) mass is 387 g/mol. The molecule has 2 N–H and O–H groups in total. The maximum absolute atomic E-state index is 12.0. The predicted octanol–water partition coefficient (Wildman–Crippen LogP) is 2.96. The number of hydrogen-bond acceptors (Lipinski definition) is 2. The molecule has 17 heavy (non-hydrogen) atoms. The van der Waals surface area contributed by atoms with Gasteiger partial charge in [-0.15, -0.1) is 23.2 Å². The van der Waals surface area contributed by atoms with E-state index < -0.39 is 5.54 Å². The van der Waals surface area contributed by atoms with Crippen LogP contribution in [0.5, 0.6) is 5.75 Å². The van der Waals surface area contributed by atoms with E-state index in [1.807, 2.05) is 0 Å². The predicted molar refractivity (Wildman–Crippen MR) is 78.1 cm³/mol. The number of carbonyl (C=O) groups is 1. The van der Waals surface area contributed by atoms with Gasteiger partial charge in [0, 0.05) is 15.3 Å². The molecule has 0 spiro atoms. The van der Waals surface area contributed by atoms with Gasteiger partial charge >= 0.3 is 0 Å². The smallest absolute Gasteiger partial charge is 0.255 e. The van der Waals surface area contributed by atoms with Crippen LogP contribution in [0.4, 0.5) is 0 Å². The van der Waals surface area contributed by atoms with Crippen LogP contribution in [0.2, 0.25) is 0 Å². The molecule has 0 aromatic heterocycles.